The third kappa shape index (κ3) is 4.13. The van der Waals surface area contributed by atoms with Gasteiger partial charge in [-0.3, -0.25) is 0 Å². The summed E-state index contributed by atoms with van der Waals surface area (Å²) in [6.07, 6.45) is 1.56. The summed E-state index contributed by atoms with van der Waals surface area (Å²) in [6, 6.07) is 5.31. The first-order valence-electron chi connectivity index (χ1n) is 6.49. The average Bonchev–Trinajstić information content (AvgIpc) is 2.42. The molecule has 1 unspecified atom stereocenters. The molecule has 4 nitrogen and oxygen atoms in total. The smallest absolute Gasteiger partial charge is 0.224 e. The van der Waals surface area contributed by atoms with E-state index in [1.807, 2.05) is 19.9 Å². The van der Waals surface area contributed by atoms with Gasteiger partial charge in [-0.25, -0.2) is 4.98 Å². The fraction of sp³-hybridized carbons (Fsp3) is 0.286. The fourth-order valence-electron chi connectivity index (χ4n) is 1.85. The summed E-state index contributed by atoms with van der Waals surface area (Å²) < 4.78 is 0. The maximum Gasteiger partial charge on any atom is 0.224 e. The molecule has 21 heavy (non-hydrogen) atoms. The molecule has 0 aliphatic carbocycles. The molecule has 1 aromatic carbocycles. The Labute approximate surface area is 138 Å². The third-order valence-electron chi connectivity index (χ3n) is 2.86. The molecule has 112 valence electrons. The van der Waals surface area contributed by atoms with Crippen molar-refractivity contribution in [2.75, 3.05) is 17.2 Å². The number of nitrogens with one attached hydrogen (secondary N) is 2. The molecule has 0 amide bonds. The van der Waals surface area contributed by atoms with Gasteiger partial charge in [0.25, 0.3) is 0 Å². The summed E-state index contributed by atoms with van der Waals surface area (Å²) in [4.78, 5) is 8.44. The van der Waals surface area contributed by atoms with Crippen molar-refractivity contribution in [2.45, 2.75) is 19.9 Å². The average molecular weight is 346 g/mol. The third-order valence-corrected chi connectivity index (χ3v) is 3.70. The van der Waals surface area contributed by atoms with Crippen LogP contribution in [0.1, 0.15) is 25.5 Å². The highest BCUT2D eigenvalue weighted by Crippen LogP contribution is 2.30. The van der Waals surface area contributed by atoms with Gasteiger partial charge < -0.3 is 10.6 Å². The lowest BCUT2D eigenvalue weighted by atomic mass is 10.1. The van der Waals surface area contributed by atoms with Crippen LogP contribution in [-0.4, -0.2) is 16.5 Å². The predicted molar refractivity (Wildman–Crippen MR) is 89.7 cm³/mol. The van der Waals surface area contributed by atoms with Gasteiger partial charge in [0, 0.05) is 16.6 Å². The minimum atomic E-state index is -0.0726. The first kappa shape index (κ1) is 16.1. The first-order valence-corrected chi connectivity index (χ1v) is 7.62. The Bertz CT molecular complexity index is 634. The van der Waals surface area contributed by atoms with Gasteiger partial charge in [0.1, 0.15) is 5.02 Å². The number of halogens is 3. The molecule has 0 spiro atoms. The maximum absolute atomic E-state index is 6.21. The van der Waals surface area contributed by atoms with Gasteiger partial charge in [0.15, 0.2) is 5.82 Å². The van der Waals surface area contributed by atoms with Crippen molar-refractivity contribution in [1.29, 1.82) is 0 Å². The second kappa shape index (κ2) is 7.16. The lowest BCUT2D eigenvalue weighted by Gasteiger charge is -2.17. The van der Waals surface area contributed by atoms with Crippen molar-refractivity contribution in [3.05, 3.63) is 45.0 Å². The molecule has 0 bridgehead atoms. The normalized spacial score (nSPS) is 12.0. The van der Waals surface area contributed by atoms with Crippen molar-refractivity contribution >= 4 is 46.6 Å². The second-order valence-electron chi connectivity index (χ2n) is 4.45. The number of benzene rings is 1. The Morgan fingerprint density at radius 3 is 2.62 bits per heavy atom. The molecule has 2 aromatic rings. The number of hydrogen-bond acceptors (Lipinski definition) is 4. The second-order valence-corrected chi connectivity index (χ2v) is 5.70. The van der Waals surface area contributed by atoms with Crippen molar-refractivity contribution in [3.8, 4) is 0 Å². The molecule has 0 aliphatic heterocycles. The Hall–Kier alpha value is -1.23. The van der Waals surface area contributed by atoms with E-state index in [0.29, 0.717) is 26.8 Å². The monoisotopic (exact) mass is 344 g/mol. The van der Waals surface area contributed by atoms with Crippen LogP contribution in [0.2, 0.25) is 15.1 Å². The molecule has 2 rings (SSSR count). The van der Waals surface area contributed by atoms with Crippen molar-refractivity contribution < 1.29 is 0 Å². The molecule has 1 aromatic heterocycles. The number of nitrogens with zero attached hydrogens (tertiary/aromatic N) is 2. The number of aromatic nitrogens is 2. The minimum Gasteiger partial charge on any atom is -0.362 e. The highest BCUT2D eigenvalue weighted by atomic mass is 35.5. The summed E-state index contributed by atoms with van der Waals surface area (Å²) >= 11 is 18.2. The van der Waals surface area contributed by atoms with Gasteiger partial charge in [-0.1, -0.05) is 40.9 Å². The van der Waals surface area contributed by atoms with E-state index >= 15 is 0 Å². The number of rotatable bonds is 5. The molecular weight excluding hydrogens is 331 g/mol. The van der Waals surface area contributed by atoms with Crippen LogP contribution in [0.3, 0.4) is 0 Å². The van der Waals surface area contributed by atoms with Crippen LogP contribution in [0.4, 0.5) is 11.8 Å². The summed E-state index contributed by atoms with van der Waals surface area (Å²) in [5.74, 6) is 1.08. The number of hydrogen-bond donors (Lipinski definition) is 2. The molecule has 1 heterocycles. The van der Waals surface area contributed by atoms with Crippen LogP contribution in [0, 0.1) is 0 Å². The molecule has 0 aliphatic rings. The van der Waals surface area contributed by atoms with Crippen LogP contribution in [0.25, 0.3) is 0 Å². The zero-order valence-electron chi connectivity index (χ0n) is 11.6. The molecule has 0 saturated heterocycles. The van der Waals surface area contributed by atoms with Gasteiger partial charge in [0.05, 0.1) is 12.2 Å². The highest BCUT2D eigenvalue weighted by molar-refractivity contribution is 6.35. The predicted octanol–water partition coefficient (Wildman–Crippen LogP) is 5.04. The zero-order chi connectivity index (χ0) is 15.4. The highest BCUT2D eigenvalue weighted by Gasteiger charge is 2.13. The number of anilines is 2. The van der Waals surface area contributed by atoms with E-state index in [1.165, 1.54) is 0 Å². The molecule has 0 saturated carbocycles. The van der Waals surface area contributed by atoms with Crippen molar-refractivity contribution in [3.63, 3.8) is 0 Å². The Morgan fingerprint density at radius 1 is 1.19 bits per heavy atom. The SMILES string of the molecule is CCNc1ncc(Cl)c(NC(C)c2ccc(Cl)cc2Cl)n1. The van der Waals surface area contributed by atoms with Gasteiger partial charge in [-0.05, 0) is 31.5 Å². The van der Waals surface area contributed by atoms with E-state index < -0.39 is 0 Å². The lowest BCUT2D eigenvalue weighted by molar-refractivity contribution is 0.872. The first-order chi connectivity index (χ1) is 10.0. The Morgan fingerprint density at radius 2 is 1.95 bits per heavy atom. The van der Waals surface area contributed by atoms with E-state index in [-0.39, 0.29) is 6.04 Å². The van der Waals surface area contributed by atoms with Crippen LogP contribution in [0.15, 0.2) is 24.4 Å². The summed E-state index contributed by atoms with van der Waals surface area (Å²) in [5, 5.41) is 7.93. The van der Waals surface area contributed by atoms with Gasteiger partial charge in [0.2, 0.25) is 5.95 Å². The van der Waals surface area contributed by atoms with Gasteiger partial charge >= 0.3 is 0 Å². The van der Waals surface area contributed by atoms with Gasteiger partial charge in [-0.15, -0.1) is 0 Å². The molecule has 0 fully saturated rings. The largest absolute Gasteiger partial charge is 0.362 e. The summed E-state index contributed by atoms with van der Waals surface area (Å²) in [6.45, 7) is 4.68. The molecule has 7 heteroatoms. The van der Waals surface area contributed by atoms with Crippen LogP contribution < -0.4 is 10.6 Å². The standard InChI is InChI=1S/C14H15Cl3N4/c1-3-18-14-19-7-12(17)13(21-14)20-8(2)10-5-4-9(15)6-11(10)16/h4-8H,3H2,1-2H3,(H2,18,19,20,21). The topological polar surface area (TPSA) is 49.8 Å². The van der Waals surface area contributed by atoms with Crippen LogP contribution in [0.5, 0.6) is 0 Å². The molecule has 1 atom stereocenters. The van der Waals surface area contributed by atoms with Crippen LogP contribution >= 0.6 is 34.8 Å². The lowest BCUT2D eigenvalue weighted by Crippen LogP contribution is -2.11. The summed E-state index contributed by atoms with van der Waals surface area (Å²) in [5.41, 5.74) is 0.917. The maximum atomic E-state index is 6.21. The Kier molecular flexibility index (Phi) is 5.51. The van der Waals surface area contributed by atoms with Crippen molar-refractivity contribution in [1.82, 2.24) is 9.97 Å². The van der Waals surface area contributed by atoms with Crippen LogP contribution in [-0.2, 0) is 0 Å². The molecular formula is C14H15Cl3N4. The van der Waals surface area contributed by atoms with Gasteiger partial charge in [-0.2, -0.15) is 4.98 Å². The Balaban J connectivity index is 2.22. The quantitative estimate of drug-likeness (QED) is 0.797. The van der Waals surface area contributed by atoms with E-state index in [9.17, 15) is 0 Å². The van der Waals surface area contributed by atoms with Crippen molar-refractivity contribution in [2.24, 2.45) is 0 Å². The minimum absolute atomic E-state index is 0.0726. The fourth-order valence-corrected chi connectivity index (χ4v) is 2.56. The summed E-state index contributed by atoms with van der Waals surface area (Å²) in [7, 11) is 0. The van der Waals surface area contributed by atoms with E-state index in [1.54, 1.807) is 18.3 Å². The van der Waals surface area contributed by atoms with E-state index in [0.717, 1.165) is 12.1 Å². The molecule has 2 N–H and O–H groups in total. The van der Waals surface area contributed by atoms with E-state index in [4.69, 9.17) is 34.8 Å². The zero-order valence-corrected chi connectivity index (χ0v) is 13.9. The molecule has 0 radical (unpaired) electrons. The van der Waals surface area contributed by atoms with E-state index in [2.05, 4.69) is 20.6 Å².